The third-order valence-electron chi connectivity index (χ3n) is 9.03. The number of aliphatic carboxylic acids is 1. The molecule has 0 saturated carbocycles. The third-order valence-corrected chi connectivity index (χ3v) is 9.03. The van der Waals surface area contributed by atoms with Crippen molar-refractivity contribution in [3.05, 3.63) is 0 Å². The van der Waals surface area contributed by atoms with Gasteiger partial charge >= 0.3 is 18.0 Å². The van der Waals surface area contributed by atoms with Gasteiger partial charge < -0.3 is 25.0 Å². The fourth-order valence-corrected chi connectivity index (χ4v) is 6.04. The number of carbonyl (C=O) groups is 3. The van der Waals surface area contributed by atoms with E-state index in [-0.39, 0.29) is 24.5 Å². The van der Waals surface area contributed by atoms with Crippen LogP contribution in [0.3, 0.4) is 0 Å². The molecule has 0 aromatic rings. The van der Waals surface area contributed by atoms with Crippen LogP contribution in [0.4, 0.5) is 4.79 Å². The van der Waals surface area contributed by atoms with E-state index in [0.29, 0.717) is 13.0 Å². The summed E-state index contributed by atoms with van der Waals surface area (Å²) in [7, 11) is 4.08. The zero-order valence-electron chi connectivity index (χ0n) is 31.5. The number of nitrogens with zero attached hydrogens (tertiary/aromatic N) is 2. The molecule has 0 spiro atoms. The molecule has 0 saturated heterocycles. The molecule has 0 heterocycles. The third kappa shape index (κ3) is 32.5. The lowest BCUT2D eigenvalue weighted by Crippen LogP contribution is -2.41. The molecule has 0 aliphatic carbocycles. The number of carboxylic acids is 1. The summed E-state index contributed by atoms with van der Waals surface area (Å²) >= 11 is 0. The first-order valence-corrected chi connectivity index (χ1v) is 19.9. The molecule has 8 nitrogen and oxygen atoms in total. The van der Waals surface area contributed by atoms with Crippen molar-refractivity contribution in [2.45, 2.75) is 193 Å². The average Bonchev–Trinajstić information content (AvgIpc) is 3.03. The van der Waals surface area contributed by atoms with E-state index in [1.807, 2.05) is 19.0 Å². The van der Waals surface area contributed by atoms with Crippen molar-refractivity contribution in [3.8, 4) is 0 Å². The van der Waals surface area contributed by atoms with Crippen LogP contribution in [0.5, 0.6) is 0 Å². The molecule has 2 amide bonds. The number of hydrogen-bond acceptors (Lipinski definition) is 5. The van der Waals surface area contributed by atoms with Crippen LogP contribution in [0.1, 0.15) is 187 Å². The first kappa shape index (κ1) is 45.2. The minimum Gasteiger partial charge on any atom is -0.481 e. The van der Waals surface area contributed by atoms with E-state index < -0.39 is 5.97 Å². The maximum atomic E-state index is 12.9. The number of ether oxygens (including phenoxy) is 1. The zero-order valence-corrected chi connectivity index (χ0v) is 31.5. The predicted molar refractivity (Wildman–Crippen MR) is 197 cm³/mol. The fourth-order valence-electron chi connectivity index (χ4n) is 6.04. The van der Waals surface area contributed by atoms with E-state index in [1.54, 1.807) is 0 Å². The Kier molecular flexibility index (Phi) is 32.7. The van der Waals surface area contributed by atoms with Crippen molar-refractivity contribution in [1.82, 2.24) is 15.1 Å². The Hall–Kier alpha value is -1.83. The van der Waals surface area contributed by atoms with E-state index in [2.05, 4.69) is 24.1 Å². The number of urea groups is 1. The molecule has 0 radical (unpaired) electrons. The number of esters is 1. The van der Waals surface area contributed by atoms with Crippen molar-refractivity contribution >= 4 is 18.0 Å². The minimum atomic E-state index is -0.728. The number of nitrogens with one attached hydrogen (secondary N) is 1. The number of hydrogen-bond donors (Lipinski definition) is 2. The van der Waals surface area contributed by atoms with Crippen molar-refractivity contribution in [2.24, 2.45) is 0 Å². The molecule has 0 aliphatic rings. The summed E-state index contributed by atoms with van der Waals surface area (Å²) in [6.45, 7) is 7.62. The summed E-state index contributed by atoms with van der Waals surface area (Å²) in [5.74, 6) is -0.750. The normalized spacial score (nSPS) is 11.4. The van der Waals surface area contributed by atoms with Crippen LogP contribution < -0.4 is 5.32 Å². The van der Waals surface area contributed by atoms with Gasteiger partial charge in [-0.3, -0.25) is 9.59 Å². The molecule has 0 atom stereocenters. The predicted octanol–water partition coefficient (Wildman–Crippen LogP) is 10.1. The highest BCUT2D eigenvalue weighted by molar-refractivity contribution is 5.74. The number of carbonyl (C=O) groups excluding carboxylic acids is 2. The summed E-state index contributed by atoms with van der Waals surface area (Å²) in [5, 5.41) is 11.9. The molecule has 0 bridgehead atoms. The molecule has 0 unspecified atom stereocenters. The topological polar surface area (TPSA) is 99.2 Å². The standard InChI is InChI=1S/C39H77N3O5/c1-5-7-9-11-15-21-28-36(29-22-16-12-10-8-6-2)47-38(45)31-24-18-14-20-26-35-42(39(46)40-32-27-33-41(3)4)34-25-19-13-17-23-30-37(43)44/h36H,5-35H2,1-4H3,(H,40,46)(H,43,44). The molecule has 278 valence electrons. The molecule has 0 fully saturated rings. The molecule has 8 heteroatoms. The molecule has 0 aromatic carbocycles. The van der Waals surface area contributed by atoms with Crippen LogP contribution in [0.15, 0.2) is 0 Å². The Morgan fingerprint density at radius 2 is 1.02 bits per heavy atom. The summed E-state index contributed by atoms with van der Waals surface area (Å²) < 4.78 is 6.00. The van der Waals surface area contributed by atoms with Gasteiger partial charge in [0.1, 0.15) is 6.10 Å². The van der Waals surface area contributed by atoms with Gasteiger partial charge in [0.15, 0.2) is 0 Å². The molecule has 0 rings (SSSR count). The molecule has 2 N–H and O–H groups in total. The largest absolute Gasteiger partial charge is 0.481 e. The lowest BCUT2D eigenvalue weighted by molar-refractivity contribution is -0.150. The molecular formula is C39H77N3O5. The minimum absolute atomic E-state index is 0.0213. The van der Waals surface area contributed by atoms with Crippen LogP contribution in [0, 0.1) is 0 Å². The molecule has 47 heavy (non-hydrogen) atoms. The van der Waals surface area contributed by atoms with Gasteiger partial charge in [-0.05, 0) is 78.4 Å². The maximum absolute atomic E-state index is 12.9. The summed E-state index contributed by atoms with van der Waals surface area (Å²) in [6, 6.07) is 0.0221. The van der Waals surface area contributed by atoms with Crippen LogP contribution >= 0.6 is 0 Å². The molecular weight excluding hydrogens is 590 g/mol. The maximum Gasteiger partial charge on any atom is 0.317 e. The SMILES string of the molecule is CCCCCCCCC(CCCCCCCC)OC(=O)CCCCCCCN(CCCCCCCC(=O)O)C(=O)NCCCN(C)C. The van der Waals surface area contributed by atoms with Crippen LogP contribution in [0.2, 0.25) is 0 Å². The highest BCUT2D eigenvalue weighted by Gasteiger charge is 2.15. The molecule has 0 aliphatic heterocycles. The second-order valence-corrected chi connectivity index (χ2v) is 14.0. The van der Waals surface area contributed by atoms with E-state index in [1.165, 1.54) is 64.2 Å². The van der Waals surface area contributed by atoms with Crippen molar-refractivity contribution < 1.29 is 24.2 Å². The van der Waals surface area contributed by atoms with Gasteiger partial charge in [0.05, 0.1) is 0 Å². The van der Waals surface area contributed by atoms with E-state index >= 15 is 0 Å². The van der Waals surface area contributed by atoms with Crippen LogP contribution in [0.25, 0.3) is 0 Å². The summed E-state index contributed by atoms with van der Waals surface area (Å²) in [5.41, 5.74) is 0. The quantitative estimate of drug-likeness (QED) is 0.0515. The van der Waals surface area contributed by atoms with Gasteiger partial charge in [0, 0.05) is 32.5 Å². The lowest BCUT2D eigenvalue weighted by Gasteiger charge is -2.23. The van der Waals surface area contributed by atoms with E-state index in [4.69, 9.17) is 9.84 Å². The average molecular weight is 668 g/mol. The summed E-state index contributed by atoms with van der Waals surface area (Å²) in [4.78, 5) is 40.4. The van der Waals surface area contributed by atoms with Gasteiger partial charge in [-0.25, -0.2) is 4.79 Å². The van der Waals surface area contributed by atoms with Gasteiger partial charge in [0.25, 0.3) is 0 Å². The molecule has 0 aromatic heterocycles. The lowest BCUT2D eigenvalue weighted by atomic mass is 10.0. The van der Waals surface area contributed by atoms with Crippen LogP contribution in [-0.2, 0) is 14.3 Å². The summed E-state index contributed by atoms with van der Waals surface area (Å²) in [6.07, 6.45) is 28.6. The van der Waals surface area contributed by atoms with Crippen LogP contribution in [-0.4, -0.2) is 79.3 Å². The highest BCUT2D eigenvalue weighted by atomic mass is 16.5. The van der Waals surface area contributed by atoms with E-state index in [9.17, 15) is 14.4 Å². The monoisotopic (exact) mass is 668 g/mol. The van der Waals surface area contributed by atoms with Gasteiger partial charge in [0.2, 0.25) is 0 Å². The van der Waals surface area contributed by atoms with Crippen molar-refractivity contribution in [1.29, 1.82) is 0 Å². The number of amides is 2. The fraction of sp³-hybridized carbons (Fsp3) is 0.923. The first-order chi connectivity index (χ1) is 22.8. The zero-order chi connectivity index (χ0) is 34.8. The first-order valence-electron chi connectivity index (χ1n) is 19.9. The highest BCUT2D eigenvalue weighted by Crippen LogP contribution is 2.18. The Labute approximate surface area is 290 Å². The Morgan fingerprint density at radius 3 is 1.51 bits per heavy atom. The number of unbranched alkanes of at least 4 members (excludes halogenated alkanes) is 18. The van der Waals surface area contributed by atoms with Gasteiger partial charge in [-0.15, -0.1) is 0 Å². The smallest absolute Gasteiger partial charge is 0.317 e. The number of rotatable bonds is 35. The van der Waals surface area contributed by atoms with E-state index in [0.717, 1.165) is 116 Å². The number of carboxylic acid groups (broad SMARTS) is 1. The van der Waals surface area contributed by atoms with Crippen molar-refractivity contribution in [2.75, 3.05) is 40.3 Å². The Bertz CT molecular complexity index is 717. The van der Waals surface area contributed by atoms with Gasteiger partial charge in [-0.2, -0.15) is 0 Å². The van der Waals surface area contributed by atoms with Gasteiger partial charge in [-0.1, -0.05) is 117 Å². The Balaban J connectivity index is 4.41. The van der Waals surface area contributed by atoms with Crippen molar-refractivity contribution in [3.63, 3.8) is 0 Å². The second-order valence-electron chi connectivity index (χ2n) is 14.0. The second kappa shape index (κ2) is 34.0. The Morgan fingerprint density at radius 1 is 0.574 bits per heavy atom.